The first-order chi connectivity index (χ1) is 8.12. The molecule has 0 aromatic heterocycles. The third-order valence-electron chi connectivity index (χ3n) is 5.58. The van der Waals surface area contributed by atoms with Gasteiger partial charge in [-0.15, -0.1) is 0 Å². The summed E-state index contributed by atoms with van der Waals surface area (Å²) in [6.45, 7) is 7.43. The second-order valence-electron chi connectivity index (χ2n) is 7.49. The van der Waals surface area contributed by atoms with Crippen molar-refractivity contribution in [2.75, 3.05) is 0 Å². The van der Waals surface area contributed by atoms with Crippen molar-refractivity contribution in [3.8, 4) is 0 Å². The zero-order valence-corrected chi connectivity index (χ0v) is 12.3. The summed E-state index contributed by atoms with van der Waals surface area (Å²) in [6.07, 6.45) is 15.0. The number of hydrogen-bond donors (Lipinski definition) is 0. The molecule has 0 amide bonds. The Balaban J connectivity index is 1.96. The molecule has 2 aliphatic rings. The smallest absolute Gasteiger partial charge is 0.0351 e. The highest BCUT2D eigenvalue weighted by Crippen LogP contribution is 2.46. The molecule has 2 atom stereocenters. The van der Waals surface area contributed by atoms with Gasteiger partial charge in [0.25, 0.3) is 0 Å². The molecule has 0 heterocycles. The van der Waals surface area contributed by atoms with E-state index >= 15 is 0 Å². The summed E-state index contributed by atoms with van der Waals surface area (Å²) in [4.78, 5) is 0. The lowest BCUT2D eigenvalue weighted by molar-refractivity contribution is 0.0840. The highest BCUT2D eigenvalue weighted by Gasteiger charge is 2.35. The molecule has 2 saturated carbocycles. The molecule has 0 spiro atoms. The molecule has 0 aliphatic heterocycles. The minimum Gasteiger partial charge on any atom is -0.0651 e. The van der Waals surface area contributed by atoms with Gasteiger partial charge in [0.2, 0.25) is 0 Å². The maximum absolute atomic E-state index is 2.49. The highest BCUT2D eigenvalue weighted by atomic mass is 14.4. The van der Waals surface area contributed by atoms with Gasteiger partial charge < -0.3 is 0 Å². The van der Waals surface area contributed by atoms with Crippen LogP contribution >= 0.6 is 0 Å². The van der Waals surface area contributed by atoms with Gasteiger partial charge in [0.1, 0.15) is 0 Å². The fourth-order valence-electron chi connectivity index (χ4n) is 4.74. The van der Waals surface area contributed by atoms with Crippen LogP contribution in [0.4, 0.5) is 0 Å². The molecule has 100 valence electrons. The van der Waals surface area contributed by atoms with Gasteiger partial charge in [-0.05, 0) is 36.0 Å². The van der Waals surface area contributed by atoms with Crippen molar-refractivity contribution < 1.29 is 0 Å². The first-order valence-corrected chi connectivity index (χ1v) is 8.12. The van der Waals surface area contributed by atoms with Crippen molar-refractivity contribution in [2.45, 2.75) is 85.0 Å². The molecule has 0 N–H and O–H groups in total. The molecule has 0 bridgehead atoms. The maximum Gasteiger partial charge on any atom is -0.0351 e. The van der Waals surface area contributed by atoms with Gasteiger partial charge in [-0.25, -0.2) is 0 Å². The molecule has 2 fully saturated rings. The third kappa shape index (κ3) is 3.48. The van der Waals surface area contributed by atoms with E-state index in [1.807, 2.05) is 0 Å². The Hall–Kier alpha value is 0. The quantitative estimate of drug-likeness (QED) is 0.580. The Kier molecular flexibility index (Phi) is 4.55. The van der Waals surface area contributed by atoms with E-state index in [1.165, 1.54) is 64.2 Å². The van der Waals surface area contributed by atoms with E-state index in [9.17, 15) is 0 Å². The van der Waals surface area contributed by atoms with E-state index in [0.717, 1.165) is 17.8 Å². The van der Waals surface area contributed by atoms with Gasteiger partial charge in [0.05, 0.1) is 0 Å². The molecule has 17 heavy (non-hydrogen) atoms. The minimum absolute atomic E-state index is 0.630. The molecule has 0 heteroatoms. The summed E-state index contributed by atoms with van der Waals surface area (Å²) in [5.41, 5.74) is 0.630. The fraction of sp³-hybridized carbons (Fsp3) is 1.00. The molecule has 2 unspecified atom stereocenters. The Morgan fingerprint density at radius 3 is 2.18 bits per heavy atom. The Labute approximate surface area is 109 Å². The van der Waals surface area contributed by atoms with Crippen LogP contribution in [-0.2, 0) is 0 Å². The lowest BCUT2D eigenvalue weighted by Gasteiger charge is -2.42. The summed E-state index contributed by atoms with van der Waals surface area (Å²) in [5.74, 6) is 3.18. The molecule has 0 nitrogen and oxygen atoms in total. The zero-order valence-electron chi connectivity index (χ0n) is 12.3. The Morgan fingerprint density at radius 1 is 0.941 bits per heavy atom. The molecule has 0 aromatic rings. The lowest BCUT2D eigenvalue weighted by atomic mass is 9.63. The molecule has 0 radical (unpaired) electrons. The summed E-state index contributed by atoms with van der Waals surface area (Å²) in [6, 6.07) is 0. The van der Waals surface area contributed by atoms with Crippen molar-refractivity contribution in [3.63, 3.8) is 0 Å². The molecular weight excluding hydrogens is 204 g/mol. The predicted octanol–water partition coefficient (Wildman–Crippen LogP) is 5.81. The predicted molar refractivity (Wildman–Crippen MR) is 76.1 cm³/mol. The Bertz CT molecular complexity index is 222. The molecule has 2 aliphatic carbocycles. The van der Waals surface area contributed by atoms with Gasteiger partial charge in [-0.3, -0.25) is 0 Å². The minimum atomic E-state index is 0.630. The average Bonchev–Trinajstić information content (AvgIpc) is 2.30. The van der Waals surface area contributed by atoms with Crippen molar-refractivity contribution in [3.05, 3.63) is 0 Å². The SMILES string of the molecule is CCC(C1CCCCC1)C1CCCC(C)(C)C1. The van der Waals surface area contributed by atoms with Crippen molar-refractivity contribution in [1.82, 2.24) is 0 Å². The first-order valence-electron chi connectivity index (χ1n) is 8.12. The van der Waals surface area contributed by atoms with E-state index in [1.54, 1.807) is 0 Å². The summed E-state index contributed by atoms with van der Waals surface area (Å²) in [7, 11) is 0. The Morgan fingerprint density at radius 2 is 1.59 bits per heavy atom. The van der Waals surface area contributed by atoms with Gasteiger partial charge in [0.15, 0.2) is 0 Å². The summed E-state index contributed by atoms with van der Waals surface area (Å²) < 4.78 is 0. The van der Waals surface area contributed by atoms with Crippen LogP contribution < -0.4 is 0 Å². The largest absolute Gasteiger partial charge is 0.0651 e. The van der Waals surface area contributed by atoms with Gasteiger partial charge in [-0.2, -0.15) is 0 Å². The molecule has 2 rings (SSSR count). The van der Waals surface area contributed by atoms with Gasteiger partial charge >= 0.3 is 0 Å². The number of hydrogen-bond acceptors (Lipinski definition) is 0. The van der Waals surface area contributed by atoms with E-state index in [4.69, 9.17) is 0 Å². The van der Waals surface area contributed by atoms with Crippen LogP contribution in [0.25, 0.3) is 0 Å². The molecule has 0 aromatic carbocycles. The maximum atomic E-state index is 2.49. The van der Waals surface area contributed by atoms with E-state index in [-0.39, 0.29) is 0 Å². The second kappa shape index (κ2) is 5.76. The summed E-state index contributed by atoms with van der Waals surface area (Å²) in [5, 5.41) is 0. The standard InChI is InChI=1S/C17H32/c1-4-16(14-9-6-5-7-10-14)15-11-8-12-17(2,3)13-15/h14-16H,4-13H2,1-3H3. The highest BCUT2D eigenvalue weighted by molar-refractivity contribution is 4.86. The first kappa shape index (κ1) is 13.4. The van der Waals surface area contributed by atoms with Crippen molar-refractivity contribution in [2.24, 2.45) is 23.2 Å². The topological polar surface area (TPSA) is 0 Å². The monoisotopic (exact) mass is 236 g/mol. The molecule has 0 saturated heterocycles. The van der Waals surface area contributed by atoms with E-state index in [0.29, 0.717) is 5.41 Å². The van der Waals surface area contributed by atoms with Crippen LogP contribution in [0.5, 0.6) is 0 Å². The van der Waals surface area contributed by atoms with Crippen LogP contribution in [-0.4, -0.2) is 0 Å². The fourth-order valence-corrected chi connectivity index (χ4v) is 4.74. The van der Waals surface area contributed by atoms with Gasteiger partial charge in [-0.1, -0.05) is 72.1 Å². The lowest BCUT2D eigenvalue weighted by Crippen LogP contribution is -2.32. The van der Waals surface area contributed by atoms with E-state index in [2.05, 4.69) is 20.8 Å². The van der Waals surface area contributed by atoms with Crippen LogP contribution in [0.1, 0.15) is 85.0 Å². The zero-order chi connectivity index (χ0) is 12.3. The molecular formula is C17H32. The second-order valence-corrected chi connectivity index (χ2v) is 7.49. The van der Waals surface area contributed by atoms with Crippen LogP contribution in [0, 0.1) is 23.2 Å². The normalized spacial score (nSPS) is 32.3. The van der Waals surface area contributed by atoms with Crippen molar-refractivity contribution in [1.29, 1.82) is 0 Å². The van der Waals surface area contributed by atoms with Crippen LogP contribution in [0.3, 0.4) is 0 Å². The van der Waals surface area contributed by atoms with Crippen LogP contribution in [0.2, 0.25) is 0 Å². The van der Waals surface area contributed by atoms with Gasteiger partial charge in [0, 0.05) is 0 Å². The van der Waals surface area contributed by atoms with Crippen LogP contribution in [0.15, 0.2) is 0 Å². The summed E-state index contributed by atoms with van der Waals surface area (Å²) >= 11 is 0. The van der Waals surface area contributed by atoms with Crippen molar-refractivity contribution >= 4 is 0 Å². The number of rotatable bonds is 3. The van der Waals surface area contributed by atoms with E-state index < -0.39 is 0 Å². The average molecular weight is 236 g/mol. The third-order valence-corrected chi connectivity index (χ3v) is 5.58.